The van der Waals surface area contributed by atoms with Crippen LogP contribution in [0.25, 0.3) is 0 Å². The molecule has 0 saturated carbocycles. The zero-order chi connectivity index (χ0) is 12.4. The number of nitrogens with one attached hydrogen (secondary N) is 1. The van der Waals surface area contributed by atoms with Crippen molar-refractivity contribution in [2.45, 2.75) is 0 Å². The highest BCUT2D eigenvalue weighted by Crippen LogP contribution is 2.32. The number of nitrogens with two attached hydrogens (primary N) is 1. The molecular weight excluding hydrogens is 412 g/mol. The van der Waals surface area contributed by atoms with Gasteiger partial charge >= 0.3 is 0 Å². The molecule has 0 atom stereocenters. The molecule has 2 aromatic carbocycles. The van der Waals surface area contributed by atoms with Crippen LogP contribution in [0.15, 0.2) is 49.8 Å². The Kier molecular flexibility index (Phi) is 4.12. The van der Waals surface area contributed by atoms with E-state index in [9.17, 15) is 0 Å². The highest BCUT2D eigenvalue weighted by molar-refractivity contribution is 9.11. The second-order valence-corrected chi connectivity index (χ2v) is 6.17. The van der Waals surface area contributed by atoms with Crippen molar-refractivity contribution in [2.24, 2.45) is 0 Å². The molecule has 0 unspecified atom stereocenters. The van der Waals surface area contributed by atoms with Crippen LogP contribution in [-0.2, 0) is 0 Å². The van der Waals surface area contributed by atoms with Crippen molar-refractivity contribution in [1.29, 1.82) is 0 Å². The van der Waals surface area contributed by atoms with E-state index >= 15 is 0 Å². The summed E-state index contributed by atoms with van der Waals surface area (Å²) in [6.45, 7) is 0. The van der Waals surface area contributed by atoms with Crippen LogP contribution >= 0.6 is 47.8 Å². The van der Waals surface area contributed by atoms with Gasteiger partial charge in [-0.25, -0.2) is 0 Å². The molecule has 2 aromatic rings. The second kappa shape index (κ2) is 5.42. The average molecular weight is 421 g/mol. The van der Waals surface area contributed by atoms with Crippen molar-refractivity contribution in [2.75, 3.05) is 11.1 Å². The Labute approximate surface area is 125 Å². The van der Waals surface area contributed by atoms with Gasteiger partial charge in [-0.15, -0.1) is 0 Å². The quantitative estimate of drug-likeness (QED) is 0.647. The van der Waals surface area contributed by atoms with E-state index in [4.69, 9.17) is 5.73 Å². The minimum Gasteiger partial charge on any atom is -0.397 e. The zero-order valence-electron chi connectivity index (χ0n) is 8.68. The van der Waals surface area contributed by atoms with Crippen LogP contribution in [0.1, 0.15) is 0 Å². The summed E-state index contributed by atoms with van der Waals surface area (Å²) >= 11 is 10.4. The summed E-state index contributed by atoms with van der Waals surface area (Å²) in [7, 11) is 0. The summed E-state index contributed by atoms with van der Waals surface area (Å²) in [6.07, 6.45) is 0. The van der Waals surface area contributed by atoms with Crippen molar-refractivity contribution in [3.05, 3.63) is 49.8 Å². The lowest BCUT2D eigenvalue weighted by Crippen LogP contribution is -1.96. The number of anilines is 3. The van der Waals surface area contributed by atoms with Crippen molar-refractivity contribution in [3.8, 4) is 0 Å². The van der Waals surface area contributed by atoms with Crippen LogP contribution in [-0.4, -0.2) is 0 Å². The Balaban J connectivity index is 2.37. The van der Waals surface area contributed by atoms with Gasteiger partial charge in [-0.1, -0.05) is 31.9 Å². The van der Waals surface area contributed by atoms with Crippen LogP contribution in [0.4, 0.5) is 17.1 Å². The van der Waals surface area contributed by atoms with Crippen LogP contribution in [0.2, 0.25) is 0 Å². The van der Waals surface area contributed by atoms with E-state index in [-0.39, 0.29) is 0 Å². The highest BCUT2D eigenvalue weighted by atomic mass is 79.9. The smallest absolute Gasteiger partial charge is 0.0629 e. The zero-order valence-corrected chi connectivity index (χ0v) is 13.4. The van der Waals surface area contributed by atoms with Crippen LogP contribution in [0.5, 0.6) is 0 Å². The van der Waals surface area contributed by atoms with Gasteiger partial charge in [0.05, 0.1) is 17.1 Å². The van der Waals surface area contributed by atoms with E-state index in [2.05, 4.69) is 53.1 Å². The summed E-state index contributed by atoms with van der Waals surface area (Å²) < 4.78 is 2.98. The molecule has 2 nitrogen and oxygen atoms in total. The van der Waals surface area contributed by atoms with Gasteiger partial charge < -0.3 is 11.1 Å². The van der Waals surface area contributed by atoms with E-state index < -0.39 is 0 Å². The maximum atomic E-state index is 5.92. The molecule has 0 aliphatic carbocycles. The third kappa shape index (κ3) is 3.24. The summed E-state index contributed by atoms with van der Waals surface area (Å²) in [4.78, 5) is 0. The maximum absolute atomic E-state index is 5.92. The minimum atomic E-state index is 0.708. The SMILES string of the molecule is Nc1ccc(Br)cc1Nc1cc(Br)ccc1Br. The second-order valence-electron chi connectivity index (χ2n) is 3.48. The molecule has 3 N–H and O–H groups in total. The number of hydrogen-bond acceptors (Lipinski definition) is 2. The van der Waals surface area contributed by atoms with Gasteiger partial charge in [-0.3, -0.25) is 0 Å². The molecule has 0 aliphatic heterocycles. The molecule has 0 radical (unpaired) electrons. The summed E-state index contributed by atoms with van der Waals surface area (Å²) in [5.74, 6) is 0. The van der Waals surface area contributed by atoms with Gasteiger partial charge in [0, 0.05) is 13.4 Å². The fourth-order valence-corrected chi connectivity index (χ4v) is 2.44. The first-order valence-corrected chi connectivity index (χ1v) is 7.21. The van der Waals surface area contributed by atoms with Gasteiger partial charge in [-0.2, -0.15) is 0 Å². The summed E-state index contributed by atoms with van der Waals surface area (Å²) in [5.41, 5.74) is 8.46. The average Bonchev–Trinajstić information content (AvgIpc) is 2.28. The minimum absolute atomic E-state index is 0.708. The third-order valence-electron chi connectivity index (χ3n) is 2.21. The van der Waals surface area contributed by atoms with Gasteiger partial charge in [-0.05, 0) is 52.3 Å². The maximum Gasteiger partial charge on any atom is 0.0629 e. The standard InChI is InChI=1S/C12H9Br3N2/c13-7-1-3-9(15)11(5-7)17-12-6-8(14)2-4-10(12)16/h1-6,17H,16H2. The molecule has 2 rings (SSSR count). The number of nitrogen functional groups attached to an aromatic ring is 1. The summed E-state index contributed by atoms with van der Waals surface area (Å²) in [5, 5.41) is 3.29. The van der Waals surface area contributed by atoms with Crippen LogP contribution < -0.4 is 11.1 Å². The molecule has 0 amide bonds. The molecule has 0 spiro atoms. The van der Waals surface area contributed by atoms with Gasteiger partial charge in [0.2, 0.25) is 0 Å². The van der Waals surface area contributed by atoms with Crippen molar-refractivity contribution in [1.82, 2.24) is 0 Å². The molecule has 0 aliphatic rings. The topological polar surface area (TPSA) is 38.0 Å². The first-order valence-electron chi connectivity index (χ1n) is 4.83. The van der Waals surface area contributed by atoms with E-state index in [1.165, 1.54) is 0 Å². The van der Waals surface area contributed by atoms with E-state index in [1.54, 1.807) is 0 Å². The fraction of sp³-hybridized carbons (Fsp3) is 0. The Morgan fingerprint density at radius 2 is 1.41 bits per heavy atom. The van der Waals surface area contributed by atoms with E-state index in [1.807, 2.05) is 36.4 Å². The molecule has 17 heavy (non-hydrogen) atoms. The number of halogens is 3. The molecule has 0 aromatic heterocycles. The molecule has 0 heterocycles. The highest BCUT2D eigenvalue weighted by Gasteiger charge is 2.04. The largest absolute Gasteiger partial charge is 0.397 e. The predicted molar refractivity (Wildman–Crippen MR) is 83.7 cm³/mol. The van der Waals surface area contributed by atoms with Crippen LogP contribution in [0.3, 0.4) is 0 Å². The monoisotopic (exact) mass is 418 g/mol. The lowest BCUT2D eigenvalue weighted by Gasteiger charge is -2.11. The number of hydrogen-bond donors (Lipinski definition) is 2. The lowest BCUT2D eigenvalue weighted by atomic mass is 10.2. The molecule has 0 fully saturated rings. The first-order chi connectivity index (χ1) is 8.06. The molecule has 0 bridgehead atoms. The Morgan fingerprint density at radius 1 is 0.824 bits per heavy atom. The predicted octanol–water partition coefficient (Wildman–Crippen LogP) is 5.30. The van der Waals surface area contributed by atoms with Crippen molar-refractivity contribution < 1.29 is 0 Å². The van der Waals surface area contributed by atoms with Gasteiger partial charge in [0.25, 0.3) is 0 Å². The normalized spacial score (nSPS) is 10.3. The van der Waals surface area contributed by atoms with Crippen molar-refractivity contribution >= 4 is 64.9 Å². The molecule has 5 heteroatoms. The number of benzene rings is 2. The summed E-state index contributed by atoms with van der Waals surface area (Å²) in [6, 6.07) is 11.7. The Hall–Kier alpha value is -0.520. The molecular formula is C12H9Br3N2. The lowest BCUT2D eigenvalue weighted by molar-refractivity contribution is 1.50. The Bertz CT molecular complexity index is 506. The van der Waals surface area contributed by atoms with Gasteiger partial charge in [0.1, 0.15) is 0 Å². The van der Waals surface area contributed by atoms with E-state index in [0.29, 0.717) is 5.69 Å². The first kappa shape index (κ1) is 12.9. The third-order valence-corrected chi connectivity index (χ3v) is 3.89. The fourth-order valence-electron chi connectivity index (χ4n) is 1.38. The van der Waals surface area contributed by atoms with Gasteiger partial charge in [0.15, 0.2) is 0 Å². The van der Waals surface area contributed by atoms with Crippen molar-refractivity contribution in [3.63, 3.8) is 0 Å². The Morgan fingerprint density at radius 3 is 2.12 bits per heavy atom. The number of rotatable bonds is 2. The molecule has 0 saturated heterocycles. The van der Waals surface area contributed by atoms with E-state index in [0.717, 1.165) is 24.8 Å². The molecule has 88 valence electrons. The van der Waals surface area contributed by atoms with Crippen LogP contribution in [0, 0.1) is 0 Å².